The number of morpholine rings is 1. The van der Waals surface area contributed by atoms with Gasteiger partial charge in [0.2, 0.25) is 0 Å². The molecule has 0 amide bonds. The molecule has 1 aromatic carbocycles. The summed E-state index contributed by atoms with van der Waals surface area (Å²) >= 11 is 0. The van der Waals surface area contributed by atoms with Crippen LogP contribution in [0.5, 0.6) is 0 Å². The number of hydrogen-bond donors (Lipinski definition) is 3. The molecule has 0 radical (unpaired) electrons. The number of rotatable bonds is 2. The van der Waals surface area contributed by atoms with Gasteiger partial charge in [0, 0.05) is 18.3 Å². The molecular formula is C17H18N4O2. The van der Waals surface area contributed by atoms with Gasteiger partial charge in [0.05, 0.1) is 24.1 Å². The van der Waals surface area contributed by atoms with Crippen LogP contribution in [0.25, 0.3) is 22.4 Å². The Morgan fingerprint density at radius 3 is 2.78 bits per heavy atom. The molecule has 0 saturated carbocycles. The van der Waals surface area contributed by atoms with Crippen LogP contribution in [0.2, 0.25) is 0 Å². The lowest BCUT2D eigenvalue weighted by atomic mass is 10.0. The van der Waals surface area contributed by atoms with E-state index in [1.54, 1.807) is 12.3 Å². The maximum Gasteiger partial charge on any atom is 0.260 e. The van der Waals surface area contributed by atoms with Gasteiger partial charge in [-0.15, -0.1) is 0 Å². The molecule has 23 heavy (non-hydrogen) atoms. The normalized spacial score (nSPS) is 21.6. The van der Waals surface area contributed by atoms with Crippen molar-refractivity contribution in [3.63, 3.8) is 0 Å². The summed E-state index contributed by atoms with van der Waals surface area (Å²) in [4.78, 5) is 22.3. The number of hydrogen-bond acceptors (Lipinski definition) is 4. The fraction of sp³-hybridized carbons (Fsp3) is 0.294. The second-order valence-electron chi connectivity index (χ2n) is 5.88. The molecule has 1 fully saturated rings. The first kappa shape index (κ1) is 14.2. The monoisotopic (exact) mass is 310 g/mol. The third kappa shape index (κ3) is 2.67. The summed E-state index contributed by atoms with van der Waals surface area (Å²) in [5.41, 5.74) is 2.52. The lowest BCUT2D eigenvalue weighted by Gasteiger charge is -2.28. The molecule has 6 heteroatoms. The van der Waals surface area contributed by atoms with Gasteiger partial charge in [0.15, 0.2) is 0 Å². The summed E-state index contributed by atoms with van der Waals surface area (Å²) in [6, 6.07) is 9.97. The van der Waals surface area contributed by atoms with Crippen LogP contribution in [0.4, 0.5) is 0 Å². The average Bonchev–Trinajstić information content (AvgIpc) is 3.05. The van der Waals surface area contributed by atoms with Crippen LogP contribution in [0.1, 0.15) is 18.5 Å². The van der Waals surface area contributed by atoms with E-state index in [-0.39, 0.29) is 17.7 Å². The molecule has 2 atom stereocenters. The van der Waals surface area contributed by atoms with Gasteiger partial charge in [-0.1, -0.05) is 24.3 Å². The van der Waals surface area contributed by atoms with Crippen molar-refractivity contribution >= 4 is 11.0 Å². The Bertz CT molecular complexity index is 873. The molecule has 3 aromatic rings. The number of nitrogens with zero attached hydrogens (tertiary/aromatic N) is 1. The molecule has 3 N–H and O–H groups in total. The lowest BCUT2D eigenvalue weighted by Crippen LogP contribution is -2.39. The highest BCUT2D eigenvalue weighted by Crippen LogP contribution is 2.22. The predicted molar refractivity (Wildman–Crippen MR) is 88.3 cm³/mol. The van der Waals surface area contributed by atoms with Crippen LogP contribution >= 0.6 is 0 Å². The average molecular weight is 310 g/mol. The fourth-order valence-corrected chi connectivity index (χ4v) is 2.86. The number of aromatic amines is 2. The highest BCUT2D eigenvalue weighted by molar-refractivity contribution is 5.76. The topological polar surface area (TPSA) is 82.8 Å². The third-order valence-electron chi connectivity index (χ3n) is 4.21. The van der Waals surface area contributed by atoms with E-state index in [0.29, 0.717) is 23.5 Å². The molecule has 0 unspecified atom stereocenters. The zero-order valence-electron chi connectivity index (χ0n) is 12.8. The van der Waals surface area contributed by atoms with Gasteiger partial charge in [-0.25, -0.2) is 4.98 Å². The van der Waals surface area contributed by atoms with Crippen LogP contribution in [-0.4, -0.2) is 34.2 Å². The van der Waals surface area contributed by atoms with Crippen LogP contribution in [0.15, 0.2) is 41.3 Å². The Labute approximate surface area is 132 Å². The van der Waals surface area contributed by atoms with Crippen molar-refractivity contribution in [2.24, 2.45) is 0 Å². The van der Waals surface area contributed by atoms with Gasteiger partial charge in [0.25, 0.3) is 5.56 Å². The van der Waals surface area contributed by atoms with E-state index in [9.17, 15) is 4.79 Å². The molecule has 0 spiro atoms. The predicted octanol–water partition coefficient (Wildman–Crippen LogP) is 1.97. The summed E-state index contributed by atoms with van der Waals surface area (Å²) in [5, 5.41) is 4.04. The maximum absolute atomic E-state index is 12.0. The van der Waals surface area contributed by atoms with Crippen molar-refractivity contribution in [2.45, 2.75) is 19.1 Å². The van der Waals surface area contributed by atoms with E-state index >= 15 is 0 Å². The lowest BCUT2D eigenvalue weighted by molar-refractivity contribution is 0.0149. The molecule has 1 saturated heterocycles. The number of benzene rings is 1. The molecule has 0 aliphatic carbocycles. The minimum atomic E-state index is -0.133. The zero-order valence-corrected chi connectivity index (χ0v) is 12.8. The number of ether oxygens (including phenoxy) is 1. The van der Waals surface area contributed by atoms with Gasteiger partial charge in [0.1, 0.15) is 11.5 Å². The van der Waals surface area contributed by atoms with Crippen molar-refractivity contribution in [3.8, 4) is 11.4 Å². The van der Waals surface area contributed by atoms with Crippen molar-refractivity contribution in [2.75, 3.05) is 13.2 Å². The number of aromatic nitrogens is 3. The third-order valence-corrected chi connectivity index (χ3v) is 4.21. The van der Waals surface area contributed by atoms with Crippen LogP contribution in [0.3, 0.4) is 0 Å². The van der Waals surface area contributed by atoms with Gasteiger partial charge >= 0.3 is 0 Å². The van der Waals surface area contributed by atoms with Gasteiger partial charge < -0.3 is 20.0 Å². The molecule has 1 aliphatic heterocycles. The van der Waals surface area contributed by atoms with Crippen molar-refractivity contribution in [1.29, 1.82) is 0 Å². The molecule has 6 nitrogen and oxygen atoms in total. The van der Waals surface area contributed by atoms with Gasteiger partial charge in [-0.2, -0.15) is 0 Å². The first-order valence-corrected chi connectivity index (χ1v) is 7.73. The van der Waals surface area contributed by atoms with Gasteiger partial charge in [-0.05, 0) is 18.6 Å². The standard InChI is InChI=1S/C17H18N4O2/c1-10-8-19-14(9-23-10)11-2-4-12(5-3-11)15-20-16-13(6-7-18-16)17(22)21-15/h2-7,10,14,19H,8-9H2,1H3,(H2,18,20,21,22)/t10-,14-/m1/s1. The number of fused-ring (bicyclic) bond motifs is 1. The summed E-state index contributed by atoms with van der Waals surface area (Å²) in [6.45, 7) is 3.58. The summed E-state index contributed by atoms with van der Waals surface area (Å²) < 4.78 is 5.69. The second-order valence-corrected chi connectivity index (χ2v) is 5.88. The minimum absolute atomic E-state index is 0.133. The van der Waals surface area contributed by atoms with Crippen LogP contribution in [-0.2, 0) is 4.74 Å². The highest BCUT2D eigenvalue weighted by Gasteiger charge is 2.19. The molecular weight excluding hydrogens is 292 g/mol. The maximum atomic E-state index is 12.0. The quantitative estimate of drug-likeness (QED) is 0.676. The smallest absolute Gasteiger partial charge is 0.260 e. The first-order chi connectivity index (χ1) is 11.2. The molecule has 3 heterocycles. The number of nitrogens with one attached hydrogen (secondary N) is 3. The number of H-pyrrole nitrogens is 2. The Hall–Kier alpha value is -2.44. The molecule has 2 aromatic heterocycles. The molecule has 1 aliphatic rings. The van der Waals surface area contributed by atoms with E-state index in [1.165, 1.54) is 5.56 Å². The summed E-state index contributed by atoms with van der Waals surface area (Å²) in [6.07, 6.45) is 1.97. The zero-order chi connectivity index (χ0) is 15.8. The Morgan fingerprint density at radius 1 is 1.22 bits per heavy atom. The second kappa shape index (κ2) is 5.64. The van der Waals surface area contributed by atoms with Crippen molar-refractivity contribution < 1.29 is 4.74 Å². The van der Waals surface area contributed by atoms with Gasteiger partial charge in [-0.3, -0.25) is 4.79 Å². The van der Waals surface area contributed by atoms with E-state index in [1.807, 2.05) is 24.3 Å². The molecule has 4 rings (SSSR count). The van der Waals surface area contributed by atoms with E-state index < -0.39 is 0 Å². The Kier molecular flexibility index (Phi) is 3.48. The largest absolute Gasteiger partial charge is 0.375 e. The molecule has 0 bridgehead atoms. The molecule has 118 valence electrons. The van der Waals surface area contributed by atoms with E-state index in [0.717, 1.165) is 12.1 Å². The summed E-state index contributed by atoms with van der Waals surface area (Å²) in [5.74, 6) is 0.568. The van der Waals surface area contributed by atoms with Crippen LogP contribution < -0.4 is 10.9 Å². The van der Waals surface area contributed by atoms with E-state index in [4.69, 9.17) is 4.74 Å². The Morgan fingerprint density at radius 2 is 2.04 bits per heavy atom. The SMILES string of the molecule is C[C@@H]1CN[C@@H](c2ccc(-c3nc4[nH]ccc4c(=O)[nH]3)cc2)CO1. The van der Waals surface area contributed by atoms with Crippen molar-refractivity contribution in [3.05, 3.63) is 52.4 Å². The first-order valence-electron chi connectivity index (χ1n) is 7.73. The Balaban J connectivity index is 1.63. The minimum Gasteiger partial charge on any atom is -0.375 e. The van der Waals surface area contributed by atoms with Crippen LogP contribution in [0, 0.1) is 0 Å². The highest BCUT2D eigenvalue weighted by atomic mass is 16.5. The van der Waals surface area contributed by atoms with E-state index in [2.05, 4.69) is 27.2 Å². The fourth-order valence-electron chi connectivity index (χ4n) is 2.86. The van der Waals surface area contributed by atoms with Crippen molar-refractivity contribution in [1.82, 2.24) is 20.3 Å². The summed E-state index contributed by atoms with van der Waals surface area (Å²) in [7, 11) is 0.